The molecule has 1 aromatic rings. The van der Waals surface area contributed by atoms with Gasteiger partial charge in [-0.2, -0.15) is 0 Å². The number of ether oxygens (including phenoxy) is 2. The van der Waals surface area contributed by atoms with E-state index < -0.39 is 27.5 Å². The van der Waals surface area contributed by atoms with Crippen LogP contribution in [0.1, 0.15) is 22.8 Å². The molecule has 0 aliphatic rings. The lowest BCUT2D eigenvalue weighted by Gasteiger charge is -2.08. The molecule has 0 fully saturated rings. The quantitative estimate of drug-likeness (QED) is 0.700. The number of carbonyl (C=O) groups excluding carboxylic acids is 2. The van der Waals surface area contributed by atoms with Gasteiger partial charge in [0.05, 0.1) is 25.0 Å². The van der Waals surface area contributed by atoms with Gasteiger partial charge in [0.25, 0.3) is 0 Å². The van der Waals surface area contributed by atoms with E-state index in [0.29, 0.717) is 15.6 Å². The molecular formula is C13H15BrO6S. The van der Waals surface area contributed by atoms with Crippen LogP contribution in [0.15, 0.2) is 22.7 Å². The van der Waals surface area contributed by atoms with E-state index in [0.717, 1.165) is 0 Å². The fourth-order valence-corrected chi connectivity index (χ4v) is 3.55. The normalized spacial score (nSPS) is 11.0. The third-order valence-electron chi connectivity index (χ3n) is 2.49. The van der Waals surface area contributed by atoms with Gasteiger partial charge in [0.1, 0.15) is 5.75 Å². The van der Waals surface area contributed by atoms with Crippen molar-refractivity contribution in [3.05, 3.63) is 33.8 Å². The summed E-state index contributed by atoms with van der Waals surface area (Å²) in [6, 6.07) is 4.44. The lowest BCUT2D eigenvalue weighted by Crippen LogP contribution is -2.20. The molecule has 0 unspecified atom stereocenters. The highest BCUT2D eigenvalue weighted by molar-refractivity contribution is 9.10. The van der Waals surface area contributed by atoms with Crippen LogP contribution in [0, 0.1) is 0 Å². The average molecular weight is 379 g/mol. The lowest BCUT2D eigenvalue weighted by molar-refractivity contribution is -0.139. The predicted molar refractivity (Wildman–Crippen MR) is 79.6 cm³/mol. The van der Waals surface area contributed by atoms with Crippen LogP contribution in [0.4, 0.5) is 0 Å². The standard InChI is InChI=1S/C13H15BrO6S/c1-3-20-12(15)8-21(17,18)7-10-5-4-9(6-11(10)14)13(16)19-2/h4-6H,3,7-8H2,1-2H3. The molecule has 0 spiro atoms. The third-order valence-corrected chi connectivity index (χ3v) is 4.66. The van der Waals surface area contributed by atoms with Gasteiger partial charge in [-0.15, -0.1) is 0 Å². The van der Waals surface area contributed by atoms with Crippen LogP contribution in [0.3, 0.4) is 0 Å². The summed E-state index contributed by atoms with van der Waals surface area (Å²) in [6.45, 7) is 1.73. The second kappa shape index (κ2) is 7.56. The molecule has 0 saturated heterocycles. The number of sulfone groups is 1. The van der Waals surface area contributed by atoms with Crippen LogP contribution in [-0.2, 0) is 29.9 Å². The molecule has 0 amide bonds. The minimum Gasteiger partial charge on any atom is -0.465 e. The van der Waals surface area contributed by atoms with Crippen LogP contribution < -0.4 is 0 Å². The zero-order chi connectivity index (χ0) is 16.0. The van der Waals surface area contributed by atoms with Crippen LogP contribution in [0.2, 0.25) is 0 Å². The number of benzene rings is 1. The van der Waals surface area contributed by atoms with Gasteiger partial charge >= 0.3 is 11.9 Å². The molecule has 6 nitrogen and oxygen atoms in total. The Balaban J connectivity index is 2.88. The second-order valence-corrected chi connectivity index (χ2v) is 7.05. The van der Waals surface area contributed by atoms with Crippen molar-refractivity contribution in [1.29, 1.82) is 0 Å². The molecule has 0 atom stereocenters. The molecule has 0 aliphatic carbocycles. The summed E-state index contributed by atoms with van der Waals surface area (Å²) in [7, 11) is -2.38. The van der Waals surface area contributed by atoms with Gasteiger partial charge < -0.3 is 9.47 Å². The van der Waals surface area contributed by atoms with Crippen molar-refractivity contribution in [2.75, 3.05) is 19.5 Å². The summed E-state index contributed by atoms with van der Waals surface area (Å²) in [6.07, 6.45) is 0. The summed E-state index contributed by atoms with van der Waals surface area (Å²) < 4.78 is 33.4. The van der Waals surface area contributed by atoms with E-state index in [4.69, 9.17) is 0 Å². The van der Waals surface area contributed by atoms with Crippen molar-refractivity contribution in [1.82, 2.24) is 0 Å². The fourth-order valence-electron chi connectivity index (χ4n) is 1.58. The maximum absolute atomic E-state index is 11.9. The van der Waals surface area contributed by atoms with Crippen molar-refractivity contribution in [3.8, 4) is 0 Å². The lowest BCUT2D eigenvalue weighted by atomic mass is 10.1. The Hall–Kier alpha value is -1.41. The van der Waals surface area contributed by atoms with Gasteiger partial charge in [-0.1, -0.05) is 22.0 Å². The molecule has 0 N–H and O–H groups in total. The average Bonchev–Trinajstić information content (AvgIpc) is 2.39. The van der Waals surface area contributed by atoms with Crippen LogP contribution in [-0.4, -0.2) is 39.8 Å². The topological polar surface area (TPSA) is 86.7 Å². The van der Waals surface area contributed by atoms with Gasteiger partial charge in [0.2, 0.25) is 0 Å². The first-order valence-electron chi connectivity index (χ1n) is 6.02. The Morgan fingerprint density at radius 3 is 2.48 bits per heavy atom. The first-order valence-corrected chi connectivity index (χ1v) is 8.63. The molecule has 8 heteroatoms. The summed E-state index contributed by atoms with van der Waals surface area (Å²) in [5.74, 6) is -2.30. The summed E-state index contributed by atoms with van der Waals surface area (Å²) in [4.78, 5) is 22.6. The smallest absolute Gasteiger partial charge is 0.337 e. The Bertz CT molecular complexity index is 638. The third kappa shape index (κ3) is 5.47. The Labute approximate surface area is 131 Å². The van der Waals surface area contributed by atoms with E-state index >= 15 is 0 Å². The van der Waals surface area contributed by atoms with Crippen molar-refractivity contribution in [2.24, 2.45) is 0 Å². The van der Waals surface area contributed by atoms with Gasteiger partial charge in [-0.25, -0.2) is 13.2 Å². The first kappa shape index (κ1) is 17.6. The van der Waals surface area contributed by atoms with Crippen molar-refractivity contribution in [2.45, 2.75) is 12.7 Å². The highest BCUT2D eigenvalue weighted by atomic mass is 79.9. The zero-order valence-corrected chi connectivity index (χ0v) is 14.0. The molecule has 0 aromatic heterocycles. The molecule has 0 bridgehead atoms. The second-order valence-electron chi connectivity index (χ2n) is 4.14. The Kier molecular flexibility index (Phi) is 6.35. The number of esters is 2. The van der Waals surface area contributed by atoms with Crippen LogP contribution in [0.25, 0.3) is 0 Å². The number of methoxy groups -OCH3 is 1. The molecule has 116 valence electrons. The first-order chi connectivity index (χ1) is 9.79. The number of halogens is 1. The van der Waals surface area contributed by atoms with E-state index in [1.54, 1.807) is 6.92 Å². The maximum Gasteiger partial charge on any atom is 0.337 e. The highest BCUT2D eigenvalue weighted by Crippen LogP contribution is 2.21. The molecule has 1 aromatic carbocycles. The SMILES string of the molecule is CCOC(=O)CS(=O)(=O)Cc1ccc(C(=O)OC)cc1Br. The predicted octanol–water partition coefficient (Wildman–Crippen LogP) is 1.71. The van der Waals surface area contributed by atoms with E-state index in [9.17, 15) is 18.0 Å². The van der Waals surface area contributed by atoms with E-state index in [1.165, 1.54) is 25.3 Å². The summed E-state index contributed by atoms with van der Waals surface area (Å²) in [5, 5.41) is 0. The van der Waals surface area contributed by atoms with Gasteiger partial charge in [0.15, 0.2) is 9.84 Å². The van der Waals surface area contributed by atoms with Crippen LogP contribution in [0.5, 0.6) is 0 Å². The van der Waals surface area contributed by atoms with E-state index in [1.807, 2.05) is 0 Å². The number of hydrogen-bond acceptors (Lipinski definition) is 6. The van der Waals surface area contributed by atoms with Gasteiger partial charge in [0, 0.05) is 4.47 Å². The minimum absolute atomic E-state index is 0.131. The molecule has 0 radical (unpaired) electrons. The Morgan fingerprint density at radius 2 is 1.95 bits per heavy atom. The minimum atomic E-state index is -3.64. The molecular weight excluding hydrogens is 364 g/mol. The number of carbonyl (C=O) groups is 2. The largest absolute Gasteiger partial charge is 0.465 e. The Morgan fingerprint density at radius 1 is 1.29 bits per heavy atom. The van der Waals surface area contributed by atoms with Gasteiger partial charge in [-0.3, -0.25) is 4.79 Å². The molecule has 1 rings (SSSR count). The maximum atomic E-state index is 11.9. The van der Waals surface area contributed by atoms with E-state index in [-0.39, 0.29) is 12.4 Å². The molecule has 21 heavy (non-hydrogen) atoms. The summed E-state index contributed by atoms with van der Waals surface area (Å²) >= 11 is 3.21. The number of rotatable bonds is 6. The fraction of sp³-hybridized carbons (Fsp3) is 0.385. The molecule has 0 heterocycles. The van der Waals surface area contributed by atoms with Crippen molar-refractivity contribution < 1.29 is 27.5 Å². The monoisotopic (exact) mass is 378 g/mol. The number of hydrogen-bond donors (Lipinski definition) is 0. The zero-order valence-electron chi connectivity index (χ0n) is 11.6. The summed E-state index contributed by atoms with van der Waals surface area (Å²) in [5.41, 5.74) is 0.753. The molecule has 0 aliphatic heterocycles. The highest BCUT2D eigenvalue weighted by Gasteiger charge is 2.20. The van der Waals surface area contributed by atoms with Crippen molar-refractivity contribution >= 4 is 37.7 Å². The van der Waals surface area contributed by atoms with Crippen LogP contribution >= 0.6 is 15.9 Å². The van der Waals surface area contributed by atoms with Crippen molar-refractivity contribution in [3.63, 3.8) is 0 Å². The molecule has 0 saturated carbocycles. The van der Waals surface area contributed by atoms with Gasteiger partial charge in [-0.05, 0) is 24.6 Å². The van der Waals surface area contributed by atoms with E-state index in [2.05, 4.69) is 25.4 Å².